The van der Waals surface area contributed by atoms with E-state index < -0.39 is 12.0 Å². The quantitative estimate of drug-likeness (QED) is 0.646. The summed E-state index contributed by atoms with van der Waals surface area (Å²) in [6.45, 7) is 7.83. The van der Waals surface area contributed by atoms with Gasteiger partial charge in [-0.25, -0.2) is 4.79 Å². The summed E-state index contributed by atoms with van der Waals surface area (Å²) in [5.41, 5.74) is 4.94. The van der Waals surface area contributed by atoms with Crippen molar-refractivity contribution in [2.75, 3.05) is 23.1 Å². The first kappa shape index (κ1) is 20.9. The van der Waals surface area contributed by atoms with Crippen LogP contribution in [0.5, 0.6) is 0 Å². The molecule has 154 valence electrons. The van der Waals surface area contributed by atoms with Crippen molar-refractivity contribution >= 4 is 45.5 Å². The molecule has 0 spiro atoms. The molecule has 2 amide bonds. The second-order valence-electron chi connectivity index (χ2n) is 7.11. The van der Waals surface area contributed by atoms with Gasteiger partial charge >= 0.3 is 5.97 Å². The van der Waals surface area contributed by atoms with E-state index in [1.165, 1.54) is 18.4 Å². The van der Waals surface area contributed by atoms with E-state index in [-0.39, 0.29) is 18.2 Å². The van der Waals surface area contributed by atoms with Crippen LogP contribution in [0, 0.1) is 20.8 Å². The maximum atomic E-state index is 12.7. The first-order chi connectivity index (χ1) is 13.7. The van der Waals surface area contributed by atoms with E-state index in [2.05, 4.69) is 16.0 Å². The molecule has 1 aromatic heterocycles. The van der Waals surface area contributed by atoms with Crippen LogP contribution in [0.4, 0.5) is 16.4 Å². The van der Waals surface area contributed by atoms with Gasteiger partial charge in [0.2, 0.25) is 11.8 Å². The van der Waals surface area contributed by atoms with Crippen molar-refractivity contribution in [3.63, 3.8) is 0 Å². The third kappa shape index (κ3) is 4.12. The molecular formula is C21H25N3O4S. The topological polar surface area (TPSA) is 96.5 Å². The van der Waals surface area contributed by atoms with E-state index in [0.717, 1.165) is 27.3 Å². The molecule has 1 aliphatic heterocycles. The summed E-state index contributed by atoms with van der Waals surface area (Å²) in [6.07, 6.45) is 0.599. The molecule has 3 N–H and O–H groups in total. The average Bonchev–Trinajstić information content (AvgIpc) is 2.98. The molecule has 3 rings (SSSR count). The van der Waals surface area contributed by atoms with Crippen LogP contribution in [0.2, 0.25) is 0 Å². The van der Waals surface area contributed by atoms with Crippen molar-refractivity contribution in [3.8, 4) is 0 Å². The van der Waals surface area contributed by atoms with Gasteiger partial charge in [-0.3, -0.25) is 9.59 Å². The molecule has 8 heteroatoms. The Labute approximate surface area is 173 Å². The zero-order chi connectivity index (χ0) is 21.3. The number of fused-ring (bicyclic) bond motifs is 1. The normalized spacial score (nSPS) is 15.2. The monoisotopic (exact) mass is 415 g/mol. The maximum Gasteiger partial charge on any atom is 0.341 e. The Bertz CT molecular complexity index is 996. The molecule has 0 fully saturated rings. The Kier molecular flexibility index (Phi) is 5.93. The van der Waals surface area contributed by atoms with Crippen LogP contribution in [0.1, 0.15) is 45.3 Å². The molecule has 0 radical (unpaired) electrons. The molecule has 1 atom stereocenters. The number of benzene rings is 1. The van der Waals surface area contributed by atoms with Gasteiger partial charge in [0.15, 0.2) is 0 Å². The fraction of sp³-hybridized carbons (Fsp3) is 0.381. The molecule has 2 heterocycles. The lowest BCUT2D eigenvalue weighted by Crippen LogP contribution is -2.41. The average molecular weight is 416 g/mol. The van der Waals surface area contributed by atoms with E-state index in [1.54, 1.807) is 0 Å². The summed E-state index contributed by atoms with van der Waals surface area (Å²) in [6, 6.07) is 3.17. The van der Waals surface area contributed by atoms with Crippen molar-refractivity contribution in [1.29, 1.82) is 0 Å². The second kappa shape index (κ2) is 8.24. The molecule has 0 saturated heterocycles. The van der Waals surface area contributed by atoms with Crippen LogP contribution in [0.25, 0.3) is 0 Å². The fourth-order valence-electron chi connectivity index (χ4n) is 3.43. The zero-order valence-corrected chi connectivity index (χ0v) is 18.0. The first-order valence-electron chi connectivity index (χ1n) is 9.44. The predicted molar refractivity (Wildman–Crippen MR) is 115 cm³/mol. The number of amides is 2. The van der Waals surface area contributed by atoms with E-state index >= 15 is 0 Å². The van der Waals surface area contributed by atoms with Crippen LogP contribution in [-0.2, 0) is 20.7 Å². The molecular weight excluding hydrogens is 390 g/mol. The minimum atomic E-state index is -0.696. The molecule has 0 saturated carbocycles. The molecule has 2 aromatic rings. The number of methoxy groups -OCH3 is 1. The van der Waals surface area contributed by atoms with E-state index in [9.17, 15) is 14.4 Å². The zero-order valence-electron chi connectivity index (χ0n) is 17.2. The van der Waals surface area contributed by atoms with Gasteiger partial charge in [-0.1, -0.05) is 6.92 Å². The van der Waals surface area contributed by atoms with Gasteiger partial charge in [0.25, 0.3) is 0 Å². The predicted octanol–water partition coefficient (Wildman–Crippen LogP) is 3.78. The Balaban J connectivity index is 1.77. The number of nitrogens with one attached hydrogen (secondary N) is 3. The van der Waals surface area contributed by atoms with Crippen LogP contribution in [0.3, 0.4) is 0 Å². The van der Waals surface area contributed by atoms with Crippen molar-refractivity contribution in [2.45, 2.75) is 46.6 Å². The summed E-state index contributed by atoms with van der Waals surface area (Å²) < 4.78 is 4.88. The highest BCUT2D eigenvalue weighted by molar-refractivity contribution is 7.16. The highest BCUT2D eigenvalue weighted by Crippen LogP contribution is 2.35. The highest BCUT2D eigenvalue weighted by atomic mass is 32.1. The molecule has 0 unspecified atom stereocenters. The van der Waals surface area contributed by atoms with Crippen molar-refractivity contribution in [3.05, 3.63) is 39.3 Å². The lowest BCUT2D eigenvalue weighted by molar-refractivity contribution is -0.122. The van der Waals surface area contributed by atoms with Crippen LogP contribution >= 0.6 is 11.3 Å². The molecule has 7 nitrogen and oxygen atoms in total. The largest absolute Gasteiger partial charge is 0.465 e. The third-order valence-electron chi connectivity index (χ3n) is 5.13. The summed E-state index contributed by atoms with van der Waals surface area (Å²) in [5.74, 6) is -1.09. The van der Waals surface area contributed by atoms with Crippen LogP contribution in [0.15, 0.2) is 12.1 Å². The Morgan fingerprint density at radius 1 is 1.17 bits per heavy atom. The second-order valence-corrected chi connectivity index (χ2v) is 8.33. The number of carbonyl (C=O) groups is 3. The van der Waals surface area contributed by atoms with Gasteiger partial charge < -0.3 is 20.7 Å². The number of hydrogen-bond acceptors (Lipinski definition) is 6. The summed E-state index contributed by atoms with van der Waals surface area (Å²) in [5, 5.41) is 9.25. The lowest BCUT2D eigenvalue weighted by atomic mass is 10.0. The number of esters is 1. The standard InChI is InChI=1S/C21H25N3O4S/c1-6-13-12(4)29-20(18(13)21(27)28-5)24-17(25)9-16-19(26)23-15-8-11(3)10(2)7-14(15)22-16/h7-8,16,22H,6,9H2,1-5H3,(H,23,26)(H,24,25)/t16-/m1/s1. The number of ether oxygens (including phenoxy) is 1. The smallest absolute Gasteiger partial charge is 0.341 e. The summed E-state index contributed by atoms with van der Waals surface area (Å²) >= 11 is 1.34. The third-order valence-corrected chi connectivity index (χ3v) is 6.20. The van der Waals surface area contributed by atoms with Crippen LogP contribution in [-0.4, -0.2) is 30.9 Å². The minimum Gasteiger partial charge on any atom is -0.465 e. The maximum absolute atomic E-state index is 12.7. The Morgan fingerprint density at radius 2 is 1.83 bits per heavy atom. The molecule has 1 aliphatic rings. The van der Waals surface area contributed by atoms with Crippen molar-refractivity contribution < 1.29 is 19.1 Å². The Hall–Kier alpha value is -2.87. The number of aryl methyl sites for hydroxylation is 3. The number of anilines is 3. The van der Waals surface area contributed by atoms with Gasteiger partial charge in [-0.05, 0) is 56.0 Å². The van der Waals surface area contributed by atoms with Crippen molar-refractivity contribution in [1.82, 2.24) is 0 Å². The van der Waals surface area contributed by atoms with E-state index in [1.807, 2.05) is 39.8 Å². The SMILES string of the molecule is CCc1c(C)sc(NC(=O)C[C@H]2Nc3cc(C)c(C)cc3NC2=O)c1C(=O)OC. The van der Waals surface area contributed by atoms with Gasteiger partial charge in [-0.15, -0.1) is 11.3 Å². The van der Waals surface area contributed by atoms with Gasteiger partial charge in [0.1, 0.15) is 11.0 Å². The fourth-order valence-corrected chi connectivity index (χ4v) is 4.58. The van der Waals surface area contributed by atoms with Gasteiger partial charge in [-0.2, -0.15) is 0 Å². The summed E-state index contributed by atoms with van der Waals surface area (Å²) in [4.78, 5) is 38.3. The molecule has 29 heavy (non-hydrogen) atoms. The lowest BCUT2D eigenvalue weighted by Gasteiger charge is -2.27. The van der Waals surface area contributed by atoms with E-state index in [0.29, 0.717) is 22.7 Å². The molecule has 0 bridgehead atoms. The molecule has 1 aromatic carbocycles. The molecule has 0 aliphatic carbocycles. The van der Waals surface area contributed by atoms with Gasteiger partial charge in [0, 0.05) is 4.88 Å². The van der Waals surface area contributed by atoms with Gasteiger partial charge in [0.05, 0.1) is 30.5 Å². The highest BCUT2D eigenvalue weighted by Gasteiger charge is 2.29. The number of carbonyl (C=O) groups excluding carboxylic acids is 3. The van der Waals surface area contributed by atoms with Crippen molar-refractivity contribution in [2.24, 2.45) is 0 Å². The van der Waals surface area contributed by atoms with Crippen LogP contribution < -0.4 is 16.0 Å². The number of thiophene rings is 1. The number of hydrogen-bond donors (Lipinski definition) is 3. The summed E-state index contributed by atoms with van der Waals surface area (Å²) in [7, 11) is 1.32. The van der Waals surface area contributed by atoms with E-state index in [4.69, 9.17) is 4.74 Å². The first-order valence-corrected chi connectivity index (χ1v) is 10.3. The number of rotatable bonds is 5. The minimum absolute atomic E-state index is 0.0583. The Morgan fingerprint density at radius 3 is 2.45 bits per heavy atom.